The standard InChI is InChI=1S/C16H22BrN3S/c17-15-11-13(5-6-14(15)16(18)21)20-9-7-19(8-10-20)12-3-1-2-4-12/h5-6,11-12H,1-4,7-10H2,(H2,18,21). The van der Waals surface area contributed by atoms with Gasteiger partial charge in [0, 0.05) is 47.9 Å². The first-order chi connectivity index (χ1) is 10.1. The number of nitrogens with two attached hydrogens (primary N) is 1. The van der Waals surface area contributed by atoms with E-state index in [1.807, 2.05) is 6.07 Å². The predicted octanol–water partition coefficient (Wildman–Crippen LogP) is 3.15. The van der Waals surface area contributed by atoms with Gasteiger partial charge in [-0.05, 0) is 47.0 Å². The van der Waals surface area contributed by atoms with E-state index in [1.54, 1.807) is 0 Å². The van der Waals surface area contributed by atoms with Crippen molar-refractivity contribution in [3.8, 4) is 0 Å². The van der Waals surface area contributed by atoms with Crippen molar-refractivity contribution < 1.29 is 0 Å². The first-order valence-electron chi connectivity index (χ1n) is 7.73. The van der Waals surface area contributed by atoms with Gasteiger partial charge in [-0.25, -0.2) is 0 Å². The van der Waals surface area contributed by atoms with Gasteiger partial charge in [-0.15, -0.1) is 0 Å². The summed E-state index contributed by atoms with van der Waals surface area (Å²) in [5.74, 6) is 0. The van der Waals surface area contributed by atoms with Crippen molar-refractivity contribution in [2.24, 2.45) is 5.73 Å². The molecule has 21 heavy (non-hydrogen) atoms. The Bertz CT molecular complexity index is 520. The van der Waals surface area contributed by atoms with Gasteiger partial charge in [-0.1, -0.05) is 25.1 Å². The van der Waals surface area contributed by atoms with E-state index in [4.69, 9.17) is 18.0 Å². The Morgan fingerprint density at radius 3 is 2.38 bits per heavy atom. The van der Waals surface area contributed by atoms with Gasteiger partial charge in [-0.3, -0.25) is 4.90 Å². The molecule has 2 fully saturated rings. The monoisotopic (exact) mass is 367 g/mol. The molecule has 1 aromatic rings. The normalized spacial score (nSPS) is 20.9. The number of rotatable bonds is 3. The van der Waals surface area contributed by atoms with Crippen LogP contribution in [0.15, 0.2) is 22.7 Å². The molecule has 5 heteroatoms. The number of anilines is 1. The maximum atomic E-state index is 5.71. The van der Waals surface area contributed by atoms with Crippen molar-refractivity contribution in [3.63, 3.8) is 0 Å². The molecule has 0 amide bonds. The molecular weight excluding hydrogens is 346 g/mol. The molecule has 0 bridgehead atoms. The van der Waals surface area contributed by atoms with Crippen molar-refractivity contribution in [2.45, 2.75) is 31.7 Å². The minimum absolute atomic E-state index is 0.444. The smallest absolute Gasteiger partial charge is 0.105 e. The van der Waals surface area contributed by atoms with Crippen LogP contribution in [0.5, 0.6) is 0 Å². The summed E-state index contributed by atoms with van der Waals surface area (Å²) in [4.78, 5) is 5.58. The Morgan fingerprint density at radius 2 is 1.81 bits per heavy atom. The SMILES string of the molecule is NC(=S)c1ccc(N2CCN(C3CCCC3)CC2)cc1Br. The zero-order chi connectivity index (χ0) is 14.8. The summed E-state index contributed by atoms with van der Waals surface area (Å²) in [6.45, 7) is 4.57. The second-order valence-corrected chi connectivity index (χ2v) is 7.28. The zero-order valence-electron chi connectivity index (χ0n) is 12.2. The van der Waals surface area contributed by atoms with Gasteiger partial charge < -0.3 is 10.6 Å². The van der Waals surface area contributed by atoms with E-state index >= 15 is 0 Å². The first-order valence-corrected chi connectivity index (χ1v) is 8.93. The van der Waals surface area contributed by atoms with Crippen LogP contribution in [0.1, 0.15) is 31.2 Å². The van der Waals surface area contributed by atoms with Crippen LogP contribution in [-0.4, -0.2) is 42.1 Å². The average Bonchev–Trinajstić information content (AvgIpc) is 3.01. The van der Waals surface area contributed by atoms with E-state index < -0.39 is 0 Å². The molecule has 1 saturated heterocycles. The zero-order valence-corrected chi connectivity index (χ0v) is 14.6. The van der Waals surface area contributed by atoms with Gasteiger partial charge in [0.05, 0.1) is 0 Å². The van der Waals surface area contributed by atoms with Crippen LogP contribution in [-0.2, 0) is 0 Å². The van der Waals surface area contributed by atoms with Gasteiger partial charge in [-0.2, -0.15) is 0 Å². The Kier molecular flexibility index (Phi) is 4.82. The molecule has 0 spiro atoms. The van der Waals surface area contributed by atoms with Crippen molar-refractivity contribution in [3.05, 3.63) is 28.2 Å². The predicted molar refractivity (Wildman–Crippen MR) is 96.1 cm³/mol. The molecule has 1 aliphatic carbocycles. The minimum atomic E-state index is 0.444. The van der Waals surface area contributed by atoms with E-state index in [0.29, 0.717) is 4.99 Å². The van der Waals surface area contributed by atoms with E-state index in [-0.39, 0.29) is 0 Å². The molecule has 1 aliphatic heterocycles. The summed E-state index contributed by atoms with van der Waals surface area (Å²) in [5, 5.41) is 0. The third-order valence-electron chi connectivity index (χ3n) is 4.74. The van der Waals surface area contributed by atoms with Crippen LogP contribution in [0, 0.1) is 0 Å². The summed E-state index contributed by atoms with van der Waals surface area (Å²) in [5.41, 5.74) is 7.88. The Balaban J connectivity index is 1.64. The molecule has 1 aromatic carbocycles. The van der Waals surface area contributed by atoms with Gasteiger partial charge >= 0.3 is 0 Å². The summed E-state index contributed by atoms with van der Waals surface area (Å²) >= 11 is 8.63. The van der Waals surface area contributed by atoms with Gasteiger partial charge in [0.1, 0.15) is 4.99 Å². The number of nitrogens with zero attached hydrogens (tertiary/aromatic N) is 2. The first kappa shape index (κ1) is 15.3. The van der Waals surface area contributed by atoms with E-state index in [0.717, 1.165) is 29.2 Å². The molecule has 1 saturated carbocycles. The number of piperazine rings is 1. The maximum Gasteiger partial charge on any atom is 0.105 e. The summed E-state index contributed by atoms with van der Waals surface area (Å²) in [6, 6.07) is 7.13. The van der Waals surface area contributed by atoms with Crippen molar-refractivity contribution in [1.29, 1.82) is 0 Å². The summed E-state index contributed by atoms with van der Waals surface area (Å²) < 4.78 is 0.991. The summed E-state index contributed by atoms with van der Waals surface area (Å²) in [7, 11) is 0. The largest absolute Gasteiger partial charge is 0.389 e. The molecule has 1 heterocycles. The third-order valence-corrected chi connectivity index (χ3v) is 5.61. The molecule has 0 unspecified atom stereocenters. The fourth-order valence-corrected chi connectivity index (χ4v) is 4.40. The molecule has 3 nitrogen and oxygen atoms in total. The van der Waals surface area contributed by atoms with E-state index in [9.17, 15) is 0 Å². The Hall–Kier alpha value is -0.650. The number of halogens is 1. The van der Waals surface area contributed by atoms with Crippen LogP contribution in [0.2, 0.25) is 0 Å². The highest BCUT2D eigenvalue weighted by Gasteiger charge is 2.26. The minimum Gasteiger partial charge on any atom is -0.389 e. The fourth-order valence-electron chi connectivity index (χ4n) is 3.52. The molecular formula is C16H22BrN3S. The molecule has 0 atom stereocenters. The second-order valence-electron chi connectivity index (χ2n) is 5.99. The highest BCUT2D eigenvalue weighted by Crippen LogP contribution is 2.28. The lowest BCUT2D eigenvalue weighted by atomic mass is 10.1. The van der Waals surface area contributed by atoms with E-state index in [1.165, 1.54) is 44.5 Å². The lowest BCUT2D eigenvalue weighted by Gasteiger charge is -2.39. The number of hydrogen-bond donors (Lipinski definition) is 1. The van der Waals surface area contributed by atoms with Crippen LogP contribution < -0.4 is 10.6 Å². The third kappa shape index (κ3) is 3.41. The van der Waals surface area contributed by atoms with Crippen LogP contribution in [0.25, 0.3) is 0 Å². The van der Waals surface area contributed by atoms with Crippen molar-refractivity contribution >= 4 is 38.8 Å². The number of hydrogen-bond acceptors (Lipinski definition) is 3. The maximum absolute atomic E-state index is 5.71. The van der Waals surface area contributed by atoms with Gasteiger partial charge in [0.2, 0.25) is 0 Å². The van der Waals surface area contributed by atoms with Gasteiger partial charge in [0.15, 0.2) is 0 Å². The second kappa shape index (κ2) is 6.63. The van der Waals surface area contributed by atoms with Crippen molar-refractivity contribution in [2.75, 3.05) is 31.1 Å². The topological polar surface area (TPSA) is 32.5 Å². The van der Waals surface area contributed by atoms with Crippen LogP contribution >= 0.6 is 28.1 Å². The number of thiocarbonyl (C=S) groups is 1. The molecule has 2 N–H and O–H groups in total. The highest BCUT2D eigenvalue weighted by atomic mass is 79.9. The number of benzene rings is 1. The lowest BCUT2D eigenvalue weighted by molar-refractivity contribution is 0.187. The molecule has 0 aromatic heterocycles. The molecule has 3 rings (SSSR count). The summed E-state index contributed by atoms with van der Waals surface area (Å²) in [6.07, 6.45) is 5.62. The fraction of sp³-hybridized carbons (Fsp3) is 0.562. The molecule has 114 valence electrons. The quantitative estimate of drug-likeness (QED) is 0.831. The highest BCUT2D eigenvalue weighted by molar-refractivity contribution is 9.10. The van der Waals surface area contributed by atoms with Gasteiger partial charge in [0.25, 0.3) is 0 Å². The lowest BCUT2D eigenvalue weighted by Crippen LogP contribution is -2.49. The van der Waals surface area contributed by atoms with Crippen LogP contribution in [0.3, 0.4) is 0 Å². The van der Waals surface area contributed by atoms with E-state index in [2.05, 4.69) is 37.9 Å². The molecule has 0 radical (unpaired) electrons. The van der Waals surface area contributed by atoms with Crippen LogP contribution in [0.4, 0.5) is 5.69 Å². The molecule has 2 aliphatic rings. The van der Waals surface area contributed by atoms with Crippen molar-refractivity contribution in [1.82, 2.24) is 4.90 Å². The average molecular weight is 368 g/mol. The Labute approximate surface area is 140 Å². The Morgan fingerprint density at radius 1 is 1.14 bits per heavy atom.